The van der Waals surface area contributed by atoms with E-state index in [2.05, 4.69) is 5.32 Å². The third-order valence-electron chi connectivity index (χ3n) is 2.66. The topological polar surface area (TPSA) is 86.7 Å². The molecule has 0 radical (unpaired) electrons. The number of carbonyl (C=O) groups excluding carboxylic acids is 2. The molecule has 2 amide bonds. The fourth-order valence-electron chi connectivity index (χ4n) is 1.68. The summed E-state index contributed by atoms with van der Waals surface area (Å²) in [4.78, 5) is 35.3. The van der Waals surface area contributed by atoms with Gasteiger partial charge in [-0.15, -0.1) is 0 Å². The lowest BCUT2D eigenvalue weighted by atomic mass is 10.1. The number of hydrogen-bond donors (Lipinski definition) is 2. The molecular weight excluding hydrogens is 256 g/mol. The number of hydrogen-bond acceptors (Lipinski definition) is 4. The normalized spacial score (nSPS) is 16.7. The molecule has 0 bridgehead atoms. The van der Waals surface area contributed by atoms with Crippen molar-refractivity contribution < 1.29 is 19.5 Å². The van der Waals surface area contributed by atoms with Gasteiger partial charge >= 0.3 is 5.97 Å². The molecule has 0 aliphatic carbocycles. The van der Waals surface area contributed by atoms with E-state index in [4.69, 9.17) is 5.11 Å². The number of aliphatic carboxylic acids is 1. The SMILES string of the molecule is CCC[C@@H](NC(=O)CCN1CCSC1=O)C(=O)O. The van der Waals surface area contributed by atoms with Gasteiger partial charge in [0.2, 0.25) is 5.91 Å². The van der Waals surface area contributed by atoms with Crippen molar-refractivity contribution >= 4 is 28.9 Å². The van der Waals surface area contributed by atoms with Crippen LogP contribution in [-0.4, -0.2) is 52.0 Å². The molecule has 7 heteroatoms. The van der Waals surface area contributed by atoms with Crippen molar-refractivity contribution in [1.29, 1.82) is 0 Å². The molecule has 1 fully saturated rings. The van der Waals surface area contributed by atoms with Crippen LogP contribution in [0.2, 0.25) is 0 Å². The molecule has 0 unspecified atom stereocenters. The van der Waals surface area contributed by atoms with E-state index >= 15 is 0 Å². The Morgan fingerprint density at radius 2 is 2.28 bits per heavy atom. The van der Waals surface area contributed by atoms with Crippen LogP contribution in [0.25, 0.3) is 0 Å². The summed E-state index contributed by atoms with van der Waals surface area (Å²) in [6, 6.07) is -0.828. The summed E-state index contributed by atoms with van der Waals surface area (Å²) in [6.07, 6.45) is 1.26. The van der Waals surface area contributed by atoms with Crippen molar-refractivity contribution in [3.05, 3.63) is 0 Å². The minimum Gasteiger partial charge on any atom is -0.480 e. The van der Waals surface area contributed by atoms with E-state index in [0.29, 0.717) is 25.9 Å². The first kappa shape index (κ1) is 14.8. The average molecular weight is 274 g/mol. The van der Waals surface area contributed by atoms with Gasteiger partial charge in [-0.1, -0.05) is 25.1 Å². The quantitative estimate of drug-likeness (QED) is 0.720. The Morgan fingerprint density at radius 3 is 2.78 bits per heavy atom. The van der Waals surface area contributed by atoms with Crippen LogP contribution in [0.3, 0.4) is 0 Å². The summed E-state index contributed by atoms with van der Waals surface area (Å²) in [5.74, 6) is -0.577. The number of carbonyl (C=O) groups is 3. The van der Waals surface area contributed by atoms with Crippen LogP contribution in [-0.2, 0) is 9.59 Å². The van der Waals surface area contributed by atoms with E-state index in [1.807, 2.05) is 6.92 Å². The van der Waals surface area contributed by atoms with Crippen LogP contribution in [0.15, 0.2) is 0 Å². The monoisotopic (exact) mass is 274 g/mol. The molecule has 18 heavy (non-hydrogen) atoms. The zero-order valence-electron chi connectivity index (χ0n) is 10.3. The molecule has 102 valence electrons. The number of carboxylic acids is 1. The zero-order chi connectivity index (χ0) is 13.5. The van der Waals surface area contributed by atoms with E-state index in [0.717, 1.165) is 5.75 Å². The fraction of sp³-hybridized carbons (Fsp3) is 0.727. The summed E-state index contributed by atoms with van der Waals surface area (Å²) in [5, 5.41) is 11.4. The maximum absolute atomic E-state index is 11.6. The second kappa shape index (κ2) is 7.25. The van der Waals surface area contributed by atoms with Gasteiger partial charge in [-0.3, -0.25) is 9.59 Å². The number of nitrogens with zero attached hydrogens (tertiary/aromatic N) is 1. The van der Waals surface area contributed by atoms with Crippen LogP contribution in [0.5, 0.6) is 0 Å². The number of carboxylic acid groups (broad SMARTS) is 1. The molecule has 0 aromatic carbocycles. The highest BCUT2D eigenvalue weighted by atomic mass is 32.2. The molecule has 1 aliphatic rings. The maximum Gasteiger partial charge on any atom is 0.326 e. The molecule has 1 saturated heterocycles. The van der Waals surface area contributed by atoms with Gasteiger partial charge in [0, 0.05) is 25.3 Å². The smallest absolute Gasteiger partial charge is 0.326 e. The summed E-state index contributed by atoms with van der Waals surface area (Å²) in [5.41, 5.74) is 0. The van der Waals surface area contributed by atoms with Crippen molar-refractivity contribution in [3.63, 3.8) is 0 Å². The molecule has 2 N–H and O–H groups in total. The fourth-order valence-corrected chi connectivity index (χ4v) is 2.53. The summed E-state index contributed by atoms with van der Waals surface area (Å²) >= 11 is 1.25. The third kappa shape index (κ3) is 4.56. The van der Waals surface area contributed by atoms with Crippen molar-refractivity contribution in [2.75, 3.05) is 18.8 Å². The van der Waals surface area contributed by atoms with Gasteiger partial charge in [-0.2, -0.15) is 0 Å². The Hall–Kier alpha value is -1.24. The standard InChI is InChI=1S/C11H18N2O4S/c1-2-3-8(10(15)16)12-9(14)4-5-13-6-7-18-11(13)17/h8H,2-7H2,1H3,(H,12,14)(H,15,16)/t8-/m1/s1. The second-order valence-corrected chi connectivity index (χ2v) is 5.14. The zero-order valence-corrected chi connectivity index (χ0v) is 11.2. The van der Waals surface area contributed by atoms with Crippen LogP contribution < -0.4 is 5.32 Å². The van der Waals surface area contributed by atoms with E-state index in [1.54, 1.807) is 4.90 Å². The highest BCUT2D eigenvalue weighted by molar-refractivity contribution is 8.13. The van der Waals surface area contributed by atoms with Crippen molar-refractivity contribution in [1.82, 2.24) is 10.2 Å². The van der Waals surface area contributed by atoms with E-state index in [-0.39, 0.29) is 17.6 Å². The van der Waals surface area contributed by atoms with Crippen LogP contribution in [0.1, 0.15) is 26.2 Å². The molecule has 0 spiro atoms. The Labute approximate surface area is 110 Å². The number of amides is 2. The van der Waals surface area contributed by atoms with E-state index in [9.17, 15) is 14.4 Å². The van der Waals surface area contributed by atoms with Crippen LogP contribution in [0, 0.1) is 0 Å². The molecule has 6 nitrogen and oxygen atoms in total. The van der Waals surface area contributed by atoms with E-state index in [1.165, 1.54) is 11.8 Å². The Kier molecular flexibility index (Phi) is 5.97. The number of rotatable bonds is 7. The Morgan fingerprint density at radius 1 is 1.56 bits per heavy atom. The van der Waals surface area contributed by atoms with Crippen molar-refractivity contribution in [3.8, 4) is 0 Å². The largest absolute Gasteiger partial charge is 0.480 e. The van der Waals surface area contributed by atoms with Gasteiger partial charge in [0.1, 0.15) is 6.04 Å². The first-order chi connectivity index (χ1) is 8.54. The molecule has 0 saturated carbocycles. The molecule has 1 atom stereocenters. The first-order valence-corrected chi connectivity index (χ1v) is 6.97. The highest BCUT2D eigenvalue weighted by Crippen LogP contribution is 2.16. The van der Waals surface area contributed by atoms with Crippen LogP contribution >= 0.6 is 11.8 Å². The maximum atomic E-state index is 11.6. The predicted molar refractivity (Wildman–Crippen MR) is 68.5 cm³/mol. The number of thioether (sulfide) groups is 1. The van der Waals surface area contributed by atoms with Gasteiger partial charge in [-0.25, -0.2) is 4.79 Å². The van der Waals surface area contributed by atoms with Crippen LogP contribution in [0.4, 0.5) is 4.79 Å². The highest BCUT2D eigenvalue weighted by Gasteiger charge is 2.23. The molecule has 0 aromatic heterocycles. The van der Waals surface area contributed by atoms with Crippen molar-refractivity contribution in [2.45, 2.75) is 32.2 Å². The van der Waals surface area contributed by atoms with E-state index < -0.39 is 12.0 Å². The Balaban J connectivity index is 2.31. The summed E-state index contributed by atoms with van der Waals surface area (Å²) in [6.45, 7) is 2.88. The van der Waals surface area contributed by atoms with Gasteiger partial charge in [0.25, 0.3) is 5.24 Å². The molecular formula is C11H18N2O4S. The minimum absolute atomic E-state index is 0.00820. The Bertz CT molecular complexity index is 335. The van der Waals surface area contributed by atoms with Gasteiger partial charge in [0.05, 0.1) is 0 Å². The molecule has 0 aromatic rings. The van der Waals surface area contributed by atoms with Crippen molar-refractivity contribution in [2.24, 2.45) is 0 Å². The summed E-state index contributed by atoms with van der Waals surface area (Å²) < 4.78 is 0. The third-order valence-corrected chi connectivity index (χ3v) is 3.56. The average Bonchev–Trinajstić information content (AvgIpc) is 2.71. The first-order valence-electron chi connectivity index (χ1n) is 5.98. The molecule has 1 rings (SSSR count). The lowest BCUT2D eigenvalue weighted by molar-refractivity contribution is -0.142. The second-order valence-electron chi connectivity index (χ2n) is 4.10. The lowest BCUT2D eigenvalue weighted by Crippen LogP contribution is -2.41. The molecule has 1 aliphatic heterocycles. The molecule has 1 heterocycles. The van der Waals surface area contributed by atoms with Gasteiger partial charge in [-0.05, 0) is 6.42 Å². The lowest BCUT2D eigenvalue weighted by Gasteiger charge is -2.16. The minimum atomic E-state index is -1.02. The number of nitrogens with one attached hydrogen (secondary N) is 1. The van der Waals surface area contributed by atoms with Gasteiger partial charge < -0.3 is 15.3 Å². The summed E-state index contributed by atoms with van der Waals surface area (Å²) in [7, 11) is 0. The predicted octanol–water partition coefficient (Wildman–Crippen LogP) is 0.915. The van der Waals surface area contributed by atoms with Gasteiger partial charge in [0.15, 0.2) is 0 Å².